The fourth-order valence-corrected chi connectivity index (χ4v) is 3.21. The van der Waals surface area contributed by atoms with Gasteiger partial charge in [0, 0.05) is 46.0 Å². The zero-order valence-electron chi connectivity index (χ0n) is 14.3. The Labute approximate surface area is 143 Å². The molecule has 3 aromatic rings. The number of pyridine rings is 1. The van der Waals surface area contributed by atoms with Gasteiger partial charge in [0.2, 0.25) is 0 Å². The summed E-state index contributed by atoms with van der Waals surface area (Å²) in [5.74, 6) is -1.36. The highest BCUT2D eigenvalue weighted by Gasteiger charge is 2.18. The molecule has 2 heterocycles. The Kier molecular flexibility index (Phi) is 4.20. The summed E-state index contributed by atoms with van der Waals surface area (Å²) in [4.78, 5) is 23.2. The minimum Gasteiger partial charge on any atom is -0.480 e. The van der Waals surface area contributed by atoms with Gasteiger partial charge in [-0.15, -0.1) is 0 Å². The number of hydrogen-bond acceptors (Lipinski definition) is 2. The normalized spacial score (nSPS) is 11.4. The third kappa shape index (κ3) is 2.95. The van der Waals surface area contributed by atoms with E-state index < -0.39 is 11.8 Å². The lowest BCUT2D eigenvalue weighted by Crippen LogP contribution is -2.20. The van der Waals surface area contributed by atoms with Gasteiger partial charge >= 0.3 is 5.97 Å². The quantitative estimate of drug-likeness (QED) is 0.788. The Morgan fingerprint density at radius 2 is 1.96 bits per heavy atom. The first-order valence-corrected chi connectivity index (χ1v) is 8.02. The van der Waals surface area contributed by atoms with Crippen LogP contribution in [-0.4, -0.2) is 20.2 Å². The van der Waals surface area contributed by atoms with Gasteiger partial charge in [-0.3, -0.25) is 9.59 Å². The van der Waals surface area contributed by atoms with E-state index in [-0.39, 0.29) is 18.1 Å². The molecule has 0 fully saturated rings. The standard InChI is InChI=1S/C19H19FN2O3/c1-11(2)21-9-13(4-7-17(21)23)19-12(3)22(10-18(24)25)16-6-5-14(20)8-15(16)19/h4-9,11H,10H2,1-3H3,(H,24,25). The van der Waals surface area contributed by atoms with Gasteiger partial charge in [-0.2, -0.15) is 0 Å². The summed E-state index contributed by atoms with van der Waals surface area (Å²) in [6.07, 6.45) is 1.74. The van der Waals surface area contributed by atoms with Gasteiger partial charge < -0.3 is 14.2 Å². The first-order valence-electron chi connectivity index (χ1n) is 8.02. The molecule has 130 valence electrons. The molecule has 0 aliphatic heterocycles. The third-order valence-electron chi connectivity index (χ3n) is 4.36. The molecule has 0 radical (unpaired) electrons. The van der Waals surface area contributed by atoms with E-state index >= 15 is 0 Å². The summed E-state index contributed by atoms with van der Waals surface area (Å²) in [5.41, 5.74) is 2.75. The van der Waals surface area contributed by atoms with Crippen molar-refractivity contribution in [3.63, 3.8) is 0 Å². The molecule has 6 heteroatoms. The summed E-state index contributed by atoms with van der Waals surface area (Å²) >= 11 is 0. The number of hydrogen-bond donors (Lipinski definition) is 1. The Bertz CT molecular complexity index is 1030. The van der Waals surface area contributed by atoms with E-state index in [1.165, 1.54) is 18.2 Å². The van der Waals surface area contributed by atoms with Crippen molar-refractivity contribution in [2.75, 3.05) is 0 Å². The van der Waals surface area contributed by atoms with E-state index in [2.05, 4.69) is 0 Å². The number of carboxylic acid groups (broad SMARTS) is 1. The second-order valence-electron chi connectivity index (χ2n) is 6.36. The topological polar surface area (TPSA) is 64.2 Å². The van der Waals surface area contributed by atoms with Gasteiger partial charge in [0.1, 0.15) is 12.4 Å². The van der Waals surface area contributed by atoms with Gasteiger partial charge in [0.25, 0.3) is 5.56 Å². The van der Waals surface area contributed by atoms with Crippen molar-refractivity contribution >= 4 is 16.9 Å². The SMILES string of the molecule is Cc1c(-c2ccc(=O)n(C(C)C)c2)c2cc(F)ccc2n1CC(=O)O. The lowest BCUT2D eigenvalue weighted by atomic mass is 10.0. The van der Waals surface area contributed by atoms with Crippen molar-refractivity contribution in [1.82, 2.24) is 9.13 Å². The van der Waals surface area contributed by atoms with Crippen molar-refractivity contribution in [3.8, 4) is 11.1 Å². The predicted octanol–water partition coefficient (Wildman–Crippen LogP) is 3.58. The fourth-order valence-electron chi connectivity index (χ4n) is 3.21. The summed E-state index contributed by atoms with van der Waals surface area (Å²) in [6, 6.07) is 7.47. The second kappa shape index (κ2) is 6.20. The molecule has 0 atom stereocenters. The molecule has 1 N–H and O–H groups in total. The minimum atomic E-state index is -0.969. The number of nitrogens with zero attached hydrogens (tertiary/aromatic N) is 2. The molecule has 2 aromatic heterocycles. The van der Waals surface area contributed by atoms with E-state index in [4.69, 9.17) is 0 Å². The van der Waals surface area contributed by atoms with Crippen LogP contribution in [0.15, 0.2) is 41.3 Å². The second-order valence-corrected chi connectivity index (χ2v) is 6.36. The molecular weight excluding hydrogens is 323 g/mol. The highest BCUT2D eigenvalue weighted by Crippen LogP contribution is 2.35. The average molecular weight is 342 g/mol. The van der Waals surface area contributed by atoms with E-state index in [0.29, 0.717) is 10.9 Å². The van der Waals surface area contributed by atoms with E-state index in [1.807, 2.05) is 13.8 Å². The number of benzene rings is 1. The van der Waals surface area contributed by atoms with Crippen molar-refractivity contribution in [1.29, 1.82) is 0 Å². The van der Waals surface area contributed by atoms with Crippen LogP contribution in [0.5, 0.6) is 0 Å². The van der Waals surface area contributed by atoms with Gasteiger partial charge in [-0.1, -0.05) is 0 Å². The Morgan fingerprint density at radius 3 is 2.60 bits per heavy atom. The summed E-state index contributed by atoms with van der Waals surface area (Å²) in [5, 5.41) is 9.83. The molecule has 1 aromatic carbocycles. The number of fused-ring (bicyclic) bond motifs is 1. The molecule has 0 aliphatic carbocycles. The number of aromatic nitrogens is 2. The molecule has 0 amide bonds. The van der Waals surface area contributed by atoms with Gasteiger partial charge in [-0.05, 0) is 45.0 Å². The smallest absolute Gasteiger partial charge is 0.323 e. The van der Waals surface area contributed by atoms with E-state index in [0.717, 1.165) is 16.8 Å². The van der Waals surface area contributed by atoms with Crippen LogP contribution in [-0.2, 0) is 11.3 Å². The molecule has 0 aliphatic rings. The van der Waals surface area contributed by atoms with Crippen molar-refractivity contribution in [2.45, 2.75) is 33.4 Å². The minimum absolute atomic E-state index is 0.0168. The van der Waals surface area contributed by atoms with Crippen LogP contribution in [0.3, 0.4) is 0 Å². The molecule has 0 spiro atoms. The van der Waals surface area contributed by atoms with Crippen molar-refractivity contribution < 1.29 is 14.3 Å². The lowest BCUT2D eigenvalue weighted by Gasteiger charge is -2.12. The summed E-state index contributed by atoms with van der Waals surface area (Å²) < 4.78 is 17.1. The van der Waals surface area contributed by atoms with E-state index in [9.17, 15) is 19.1 Å². The molecule has 0 saturated heterocycles. The third-order valence-corrected chi connectivity index (χ3v) is 4.36. The largest absolute Gasteiger partial charge is 0.480 e. The van der Waals surface area contributed by atoms with Gasteiger partial charge in [-0.25, -0.2) is 4.39 Å². The summed E-state index contributed by atoms with van der Waals surface area (Å²) in [6.45, 7) is 5.41. The van der Waals surface area contributed by atoms with Crippen LogP contribution >= 0.6 is 0 Å². The predicted molar refractivity (Wildman–Crippen MR) is 94.3 cm³/mol. The number of rotatable bonds is 4. The molecular formula is C19H19FN2O3. The maximum atomic E-state index is 13.8. The highest BCUT2D eigenvalue weighted by molar-refractivity contribution is 5.98. The van der Waals surface area contributed by atoms with Crippen LogP contribution in [0, 0.1) is 12.7 Å². The van der Waals surface area contributed by atoms with Gasteiger partial charge in [0.05, 0.1) is 0 Å². The highest BCUT2D eigenvalue weighted by atomic mass is 19.1. The Morgan fingerprint density at radius 1 is 1.24 bits per heavy atom. The zero-order valence-corrected chi connectivity index (χ0v) is 14.3. The average Bonchev–Trinajstić information content (AvgIpc) is 2.79. The Balaban J connectivity index is 2.34. The number of halogens is 1. The van der Waals surface area contributed by atoms with Crippen molar-refractivity contribution in [2.24, 2.45) is 0 Å². The molecule has 0 saturated carbocycles. The first-order chi connectivity index (χ1) is 11.8. The first kappa shape index (κ1) is 17.0. The van der Waals surface area contributed by atoms with Crippen LogP contribution in [0.2, 0.25) is 0 Å². The lowest BCUT2D eigenvalue weighted by molar-refractivity contribution is -0.137. The maximum absolute atomic E-state index is 13.8. The number of carbonyl (C=O) groups is 1. The van der Waals surface area contributed by atoms with Crippen LogP contribution in [0.25, 0.3) is 22.0 Å². The van der Waals surface area contributed by atoms with Crippen LogP contribution < -0.4 is 5.56 Å². The molecule has 0 unspecified atom stereocenters. The Hall–Kier alpha value is -2.89. The van der Waals surface area contributed by atoms with Crippen molar-refractivity contribution in [3.05, 3.63) is 58.4 Å². The molecule has 5 nitrogen and oxygen atoms in total. The van der Waals surface area contributed by atoms with Crippen LogP contribution in [0.1, 0.15) is 25.6 Å². The molecule has 25 heavy (non-hydrogen) atoms. The van der Waals surface area contributed by atoms with Gasteiger partial charge in [0.15, 0.2) is 0 Å². The molecule has 3 rings (SSSR count). The summed E-state index contributed by atoms with van der Waals surface area (Å²) in [7, 11) is 0. The fraction of sp³-hybridized carbons (Fsp3) is 0.263. The molecule has 0 bridgehead atoms. The van der Waals surface area contributed by atoms with E-state index in [1.54, 1.807) is 34.4 Å². The monoisotopic (exact) mass is 342 g/mol. The zero-order chi connectivity index (χ0) is 18.3. The number of aliphatic carboxylic acids is 1. The number of carboxylic acids is 1. The van der Waals surface area contributed by atoms with Crippen LogP contribution in [0.4, 0.5) is 4.39 Å². The maximum Gasteiger partial charge on any atom is 0.323 e.